The lowest BCUT2D eigenvalue weighted by atomic mass is 9.96. The molecule has 1 aliphatic heterocycles. The Labute approximate surface area is 183 Å². The number of fused-ring (bicyclic) bond motifs is 1. The predicted molar refractivity (Wildman–Crippen MR) is 121 cm³/mol. The molecule has 2 aromatic heterocycles. The van der Waals surface area contributed by atoms with Crippen LogP contribution in [0.4, 0.5) is 5.95 Å². The van der Waals surface area contributed by atoms with Gasteiger partial charge in [0.25, 0.3) is 0 Å². The third-order valence-corrected chi connectivity index (χ3v) is 5.71. The fraction of sp³-hybridized carbons (Fsp3) is 0.417. The number of nitrogens with zero attached hydrogens (tertiary/aromatic N) is 5. The first kappa shape index (κ1) is 21.0. The first-order valence-corrected chi connectivity index (χ1v) is 10.9. The molecule has 3 heterocycles. The molecule has 0 saturated carbocycles. The number of hydrogen-bond donors (Lipinski definition) is 0. The second-order valence-corrected chi connectivity index (χ2v) is 8.02. The van der Waals surface area contributed by atoms with Gasteiger partial charge >= 0.3 is 0 Å². The van der Waals surface area contributed by atoms with Crippen LogP contribution < -0.4 is 9.64 Å². The largest absolute Gasteiger partial charge is 0.494 e. The normalized spacial score (nSPS) is 16.4. The SMILES string of the molecule is CCOc1ccc2nc(N3CCCC(C(=O)N(C)Cc4ccccn4)C3)nc(C)c2c1. The third kappa shape index (κ3) is 4.76. The molecule has 7 heteroatoms. The highest BCUT2D eigenvalue weighted by atomic mass is 16.5. The summed E-state index contributed by atoms with van der Waals surface area (Å²) in [5.41, 5.74) is 2.71. The summed E-state index contributed by atoms with van der Waals surface area (Å²) in [6, 6.07) is 11.7. The van der Waals surface area contributed by atoms with Crippen LogP contribution in [0.2, 0.25) is 0 Å². The molecule has 1 saturated heterocycles. The standard InChI is InChI=1S/C24H29N5O2/c1-4-31-20-10-11-22-21(14-20)17(2)26-24(27-22)29-13-7-8-18(15-29)23(30)28(3)16-19-9-5-6-12-25-19/h5-6,9-12,14,18H,4,7-8,13,15-16H2,1-3H3. The van der Waals surface area contributed by atoms with Gasteiger partial charge in [0.2, 0.25) is 11.9 Å². The van der Waals surface area contributed by atoms with Crippen LogP contribution >= 0.6 is 0 Å². The quantitative estimate of drug-likeness (QED) is 0.608. The summed E-state index contributed by atoms with van der Waals surface area (Å²) in [6.45, 7) is 6.60. The number of hydrogen-bond acceptors (Lipinski definition) is 6. The highest BCUT2D eigenvalue weighted by Crippen LogP contribution is 2.27. The lowest BCUT2D eigenvalue weighted by molar-refractivity contribution is -0.135. The van der Waals surface area contributed by atoms with Crippen molar-refractivity contribution in [3.05, 3.63) is 54.0 Å². The topological polar surface area (TPSA) is 71.5 Å². The fourth-order valence-electron chi connectivity index (χ4n) is 4.13. The summed E-state index contributed by atoms with van der Waals surface area (Å²) >= 11 is 0. The highest BCUT2D eigenvalue weighted by molar-refractivity contribution is 5.83. The number of benzene rings is 1. The molecule has 1 amide bonds. The van der Waals surface area contributed by atoms with Crippen LogP contribution in [0.1, 0.15) is 31.2 Å². The Morgan fingerprint density at radius 3 is 2.90 bits per heavy atom. The second-order valence-electron chi connectivity index (χ2n) is 8.02. The summed E-state index contributed by atoms with van der Waals surface area (Å²) < 4.78 is 5.61. The van der Waals surface area contributed by atoms with E-state index in [9.17, 15) is 4.79 Å². The summed E-state index contributed by atoms with van der Waals surface area (Å²) in [7, 11) is 1.85. The van der Waals surface area contributed by atoms with Gasteiger partial charge in [-0.1, -0.05) is 6.07 Å². The molecule has 3 aromatic rings. The van der Waals surface area contributed by atoms with Crippen molar-refractivity contribution in [2.75, 3.05) is 31.6 Å². The maximum Gasteiger partial charge on any atom is 0.227 e. The lowest BCUT2D eigenvalue weighted by Gasteiger charge is -2.34. The monoisotopic (exact) mass is 419 g/mol. The molecule has 1 aromatic carbocycles. The van der Waals surface area contributed by atoms with Gasteiger partial charge in [0.1, 0.15) is 5.75 Å². The molecule has 1 atom stereocenters. The van der Waals surface area contributed by atoms with Crippen LogP contribution in [0.5, 0.6) is 5.75 Å². The van der Waals surface area contributed by atoms with Crippen molar-refractivity contribution >= 4 is 22.8 Å². The smallest absolute Gasteiger partial charge is 0.227 e. The van der Waals surface area contributed by atoms with Gasteiger partial charge in [0.15, 0.2) is 0 Å². The molecule has 0 N–H and O–H groups in total. The molecule has 0 aliphatic carbocycles. The fourth-order valence-corrected chi connectivity index (χ4v) is 4.13. The average molecular weight is 420 g/mol. The molecular weight excluding hydrogens is 390 g/mol. The Kier molecular flexibility index (Phi) is 6.30. The summed E-state index contributed by atoms with van der Waals surface area (Å²) in [5, 5.41) is 0.995. The Morgan fingerprint density at radius 2 is 2.13 bits per heavy atom. The van der Waals surface area contributed by atoms with E-state index in [1.54, 1.807) is 11.1 Å². The van der Waals surface area contributed by atoms with Gasteiger partial charge < -0.3 is 14.5 Å². The zero-order valence-electron chi connectivity index (χ0n) is 18.4. The van der Waals surface area contributed by atoms with Gasteiger partial charge in [-0.3, -0.25) is 9.78 Å². The van der Waals surface area contributed by atoms with Crippen LogP contribution in [0, 0.1) is 12.8 Å². The van der Waals surface area contributed by atoms with Gasteiger partial charge in [0, 0.05) is 31.7 Å². The number of amides is 1. The third-order valence-electron chi connectivity index (χ3n) is 5.71. The highest BCUT2D eigenvalue weighted by Gasteiger charge is 2.29. The molecule has 1 aliphatic rings. The Morgan fingerprint density at radius 1 is 1.26 bits per heavy atom. The number of piperidine rings is 1. The van der Waals surface area contributed by atoms with E-state index >= 15 is 0 Å². The predicted octanol–water partition coefficient (Wildman–Crippen LogP) is 3.61. The van der Waals surface area contributed by atoms with Gasteiger partial charge in [-0.05, 0) is 57.0 Å². The zero-order chi connectivity index (χ0) is 21.8. The van der Waals surface area contributed by atoms with E-state index in [0.717, 1.165) is 47.4 Å². The zero-order valence-corrected chi connectivity index (χ0v) is 18.4. The number of ether oxygens (including phenoxy) is 1. The maximum absolute atomic E-state index is 13.1. The first-order chi connectivity index (χ1) is 15.0. The number of aromatic nitrogens is 3. The molecule has 0 radical (unpaired) electrons. The summed E-state index contributed by atoms with van der Waals surface area (Å²) in [5.74, 6) is 1.60. The average Bonchev–Trinajstić information content (AvgIpc) is 2.80. The molecule has 4 rings (SSSR count). The van der Waals surface area contributed by atoms with Crippen molar-refractivity contribution in [3.63, 3.8) is 0 Å². The maximum atomic E-state index is 13.1. The van der Waals surface area contributed by atoms with Crippen molar-refractivity contribution < 1.29 is 9.53 Å². The van der Waals surface area contributed by atoms with E-state index in [1.165, 1.54) is 0 Å². The minimum atomic E-state index is -0.0672. The number of pyridine rings is 1. The molecular formula is C24H29N5O2. The number of rotatable bonds is 6. The Balaban J connectivity index is 1.49. The number of carbonyl (C=O) groups excluding carboxylic acids is 1. The molecule has 162 valence electrons. The van der Waals surface area contributed by atoms with Gasteiger partial charge in [-0.15, -0.1) is 0 Å². The lowest BCUT2D eigenvalue weighted by Crippen LogP contribution is -2.44. The molecule has 31 heavy (non-hydrogen) atoms. The van der Waals surface area contributed by atoms with E-state index < -0.39 is 0 Å². The Hall–Kier alpha value is -3.22. The van der Waals surface area contributed by atoms with Crippen LogP contribution in [0.15, 0.2) is 42.6 Å². The van der Waals surface area contributed by atoms with E-state index in [2.05, 4.69) is 9.88 Å². The van der Waals surface area contributed by atoms with Gasteiger partial charge in [-0.2, -0.15) is 0 Å². The molecule has 1 unspecified atom stereocenters. The number of carbonyl (C=O) groups is 1. The van der Waals surface area contributed by atoms with Crippen molar-refractivity contribution in [2.24, 2.45) is 5.92 Å². The van der Waals surface area contributed by atoms with E-state index in [-0.39, 0.29) is 11.8 Å². The van der Waals surface area contributed by atoms with E-state index in [4.69, 9.17) is 14.7 Å². The number of anilines is 1. The van der Waals surface area contributed by atoms with Crippen LogP contribution in [-0.2, 0) is 11.3 Å². The van der Waals surface area contributed by atoms with Crippen molar-refractivity contribution in [1.82, 2.24) is 19.9 Å². The van der Waals surface area contributed by atoms with E-state index in [0.29, 0.717) is 25.6 Å². The Bertz CT molecular complexity index is 1060. The molecule has 7 nitrogen and oxygen atoms in total. The minimum Gasteiger partial charge on any atom is -0.494 e. The van der Waals surface area contributed by atoms with Crippen molar-refractivity contribution in [2.45, 2.75) is 33.2 Å². The number of aryl methyl sites for hydroxylation is 1. The van der Waals surface area contributed by atoms with Crippen molar-refractivity contribution in [3.8, 4) is 5.75 Å². The van der Waals surface area contributed by atoms with Crippen LogP contribution in [0.3, 0.4) is 0 Å². The van der Waals surface area contributed by atoms with E-state index in [1.807, 2.05) is 57.3 Å². The minimum absolute atomic E-state index is 0.0672. The van der Waals surface area contributed by atoms with Gasteiger partial charge in [-0.25, -0.2) is 9.97 Å². The molecule has 0 bridgehead atoms. The van der Waals surface area contributed by atoms with Crippen molar-refractivity contribution in [1.29, 1.82) is 0 Å². The second kappa shape index (κ2) is 9.29. The first-order valence-electron chi connectivity index (χ1n) is 10.9. The van der Waals surface area contributed by atoms with Gasteiger partial charge in [0.05, 0.1) is 36.0 Å². The molecule has 1 fully saturated rings. The molecule has 0 spiro atoms. The van der Waals surface area contributed by atoms with Crippen LogP contribution in [-0.4, -0.2) is 52.5 Å². The summed E-state index contributed by atoms with van der Waals surface area (Å²) in [4.78, 5) is 30.9. The summed E-state index contributed by atoms with van der Waals surface area (Å²) in [6.07, 6.45) is 3.58. The van der Waals surface area contributed by atoms with Crippen LogP contribution in [0.25, 0.3) is 10.9 Å².